The average Bonchev–Trinajstić information content (AvgIpc) is 3.29. The summed E-state index contributed by atoms with van der Waals surface area (Å²) in [6.07, 6.45) is 9.58. The smallest absolute Gasteiger partial charge is 0.225 e. The van der Waals surface area contributed by atoms with E-state index in [1.807, 2.05) is 18.2 Å². The highest BCUT2D eigenvalue weighted by atomic mass is 16.5. The van der Waals surface area contributed by atoms with Gasteiger partial charge in [0.05, 0.1) is 12.8 Å². The molecule has 0 aromatic heterocycles. The molecule has 4 rings (SSSR count). The molecule has 154 valence electrons. The minimum Gasteiger partial charge on any atom is -0.495 e. The van der Waals surface area contributed by atoms with E-state index in [-0.39, 0.29) is 5.92 Å². The van der Waals surface area contributed by atoms with E-state index in [0.717, 1.165) is 69.3 Å². The molecule has 1 N–H and O–H groups in total. The maximum Gasteiger partial charge on any atom is 0.225 e. The number of benzene rings is 1. The number of piperazine rings is 1. The second-order valence-electron chi connectivity index (χ2n) is 8.69. The molecule has 2 aliphatic carbocycles. The highest BCUT2D eigenvalue weighted by Gasteiger charge is 2.33. The Balaban J connectivity index is 1.23. The molecule has 1 saturated heterocycles. The Morgan fingerprint density at radius 3 is 2.32 bits per heavy atom. The summed E-state index contributed by atoms with van der Waals surface area (Å²) in [5.74, 6) is 1.51. The molecule has 3 aliphatic rings. The van der Waals surface area contributed by atoms with Crippen molar-refractivity contribution < 1.29 is 9.53 Å². The molecule has 1 aromatic rings. The van der Waals surface area contributed by atoms with E-state index < -0.39 is 0 Å². The first kappa shape index (κ1) is 19.6. The van der Waals surface area contributed by atoms with Crippen molar-refractivity contribution >= 4 is 11.6 Å². The molecule has 1 aliphatic heterocycles. The number of ether oxygens (including phenoxy) is 1. The predicted molar refractivity (Wildman–Crippen MR) is 113 cm³/mol. The van der Waals surface area contributed by atoms with Crippen molar-refractivity contribution in [1.82, 2.24) is 9.80 Å². The lowest BCUT2D eigenvalue weighted by atomic mass is 9.85. The van der Waals surface area contributed by atoms with Crippen LogP contribution in [0.2, 0.25) is 0 Å². The molecule has 0 unspecified atom stereocenters. The number of carbonyl (C=O) groups excluding carboxylic acids is 1. The van der Waals surface area contributed by atoms with Gasteiger partial charge in [0.15, 0.2) is 0 Å². The van der Waals surface area contributed by atoms with Crippen LogP contribution in [0.1, 0.15) is 51.4 Å². The Kier molecular flexibility index (Phi) is 6.40. The molecule has 0 radical (unpaired) electrons. The molecule has 0 bridgehead atoms. The lowest BCUT2D eigenvalue weighted by Gasteiger charge is -2.40. The summed E-state index contributed by atoms with van der Waals surface area (Å²) in [7, 11) is 1.71. The third kappa shape index (κ3) is 4.45. The maximum absolute atomic E-state index is 13.0. The van der Waals surface area contributed by atoms with E-state index in [2.05, 4.69) is 21.2 Å². The van der Waals surface area contributed by atoms with Crippen LogP contribution >= 0.6 is 0 Å². The SMILES string of the molecule is COc1ccccc1NC1CCC(C(=O)N2CCN(C3CCCC3)CC2)CC1. The lowest BCUT2D eigenvalue weighted by Crippen LogP contribution is -2.53. The van der Waals surface area contributed by atoms with Crippen molar-refractivity contribution in [2.75, 3.05) is 38.6 Å². The van der Waals surface area contributed by atoms with Gasteiger partial charge >= 0.3 is 0 Å². The van der Waals surface area contributed by atoms with Crippen molar-refractivity contribution in [2.24, 2.45) is 5.92 Å². The van der Waals surface area contributed by atoms with Gasteiger partial charge in [-0.05, 0) is 50.7 Å². The van der Waals surface area contributed by atoms with Crippen LogP contribution in [0.4, 0.5) is 5.69 Å². The maximum atomic E-state index is 13.0. The monoisotopic (exact) mass is 385 g/mol. The van der Waals surface area contributed by atoms with E-state index in [4.69, 9.17) is 4.74 Å². The van der Waals surface area contributed by atoms with Gasteiger partial charge < -0.3 is 15.0 Å². The summed E-state index contributed by atoms with van der Waals surface area (Å²) >= 11 is 0. The number of amides is 1. The summed E-state index contributed by atoms with van der Waals surface area (Å²) in [6, 6.07) is 9.30. The van der Waals surface area contributed by atoms with Gasteiger partial charge in [0.1, 0.15) is 5.75 Å². The van der Waals surface area contributed by atoms with Crippen molar-refractivity contribution in [3.8, 4) is 5.75 Å². The van der Waals surface area contributed by atoms with Crippen LogP contribution in [0.3, 0.4) is 0 Å². The Bertz CT molecular complexity index is 643. The van der Waals surface area contributed by atoms with Crippen molar-refractivity contribution in [3.05, 3.63) is 24.3 Å². The molecule has 5 nitrogen and oxygen atoms in total. The number of hydrogen-bond donors (Lipinski definition) is 1. The zero-order chi connectivity index (χ0) is 19.3. The van der Waals surface area contributed by atoms with Crippen LogP contribution in [0.5, 0.6) is 5.75 Å². The highest BCUT2D eigenvalue weighted by Crippen LogP contribution is 2.31. The normalized spacial score (nSPS) is 27.0. The van der Waals surface area contributed by atoms with Crippen LogP contribution < -0.4 is 10.1 Å². The molecule has 1 aromatic carbocycles. The van der Waals surface area contributed by atoms with Gasteiger partial charge in [-0.1, -0.05) is 25.0 Å². The van der Waals surface area contributed by atoms with Gasteiger partial charge in [-0.3, -0.25) is 9.69 Å². The third-order valence-corrected chi connectivity index (χ3v) is 7.01. The number of rotatable bonds is 5. The number of nitrogens with one attached hydrogen (secondary N) is 1. The molecule has 2 saturated carbocycles. The Labute approximate surface area is 169 Å². The third-order valence-electron chi connectivity index (χ3n) is 7.01. The van der Waals surface area contributed by atoms with Gasteiger partial charge in [-0.15, -0.1) is 0 Å². The molecule has 1 amide bonds. The lowest BCUT2D eigenvalue weighted by molar-refractivity contribution is -0.138. The Morgan fingerprint density at radius 2 is 1.64 bits per heavy atom. The minimum atomic E-state index is 0.216. The number of nitrogens with zero attached hydrogens (tertiary/aromatic N) is 2. The first-order valence-corrected chi connectivity index (χ1v) is 11.2. The van der Waals surface area contributed by atoms with Gasteiger partial charge in [0.25, 0.3) is 0 Å². The van der Waals surface area contributed by atoms with Gasteiger partial charge in [0.2, 0.25) is 5.91 Å². The fourth-order valence-corrected chi connectivity index (χ4v) is 5.30. The van der Waals surface area contributed by atoms with Crippen LogP contribution in [-0.4, -0.2) is 61.1 Å². The van der Waals surface area contributed by atoms with Gasteiger partial charge in [-0.25, -0.2) is 0 Å². The van der Waals surface area contributed by atoms with E-state index in [0.29, 0.717) is 11.9 Å². The number of carbonyl (C=O) groups is 1. The van der Waals surface area contributed by atoms with Crippen LogP contribution in [0.15, 0.2) is 24.3 Å². The Morgan fingerprint density at radius 1 is 0.964 bits per heavy atom. The molecule has 1 heterocycles. The number of hydrogen-bond acceptors (Lipinski definition) is 4. The standard InChI is InChI=1S/C23H35N3O2/c1-28-22-9-5-4-8-21(22)24-19-12-10-18(11-13-19)23(27)26-16-14-25(15-17-26)20-6-2-3-7-20/h4-5,8-9,18-20,24H,2-3,6-7,10-17H2,1H3. The van der Waals surface area contributed by atoms with Crippen molar-refractivity contribution in [1.29, 1.82) is 0 Å². The van der Waals surface area contributed by atoms with Crippen LogP contribution in [-0.2, 0) is 4.79 Å². The molecule has 5 heteroatoms. The summed E-state index contributed by atoms with van der Waals surface area (Å²) in [5, 5.41) is 3.62. The molecule has 0 spiro atoms. The van der Waals surface area contributed by atoms with E-state index in [1.54, 1.807) is 7.11 Å². The highest BCUT2D eigenvalue weighted by molar-refractivity contribution is 5.79. The summed E-state index contributed by atoms with van der Waals surface area (Å²) < 4.78 is 5.44. The van der Waals surface area contributed by atoms with E-state index in [1.165, 1.54) is 25.7 Å². The topological polar surface area (TPSA) is 44.8 Å². The molecule has 28 heavy (non-hydrogen) atoms. The van der Waals surface area contributed by atoms with Crippen molar-refractivity contribution in [3.63, 3.8) is 0 Å². The summed E-state index contributed by atoms with van der Waals surface area (Å²) in [5.41, 5.74) is 1.06. The molecule has 0 atom stereocenters. The van der Waals surface area contributed by atoms with Gasteiger partial charge in [-0.2, -0.15) is 0 Å². The molecule has 3 fully saturated rings. The van der Waals surface area contributed by atoms with Crippen LogP contribution in [0.25, 0.3) is 0 Å². The number of anilines is 1. The number of para-hydroxylation sites is 2. The predicted octanol–water partition coefficient (Wildman–Crippen LogP) is 3.75. The fraction of sp³-hybridized carbons (Fsp3) is 0.696. The average molecular weight is 386 g/mol. The second kappa shape index (κ2) is 9.17. The number of methoxy groups -OCH3 is 1. The first-order chi connectivity index (χ1) is 13.7. The molecular formula is C23H35N3O2. The fourth-order valence-electron chi connectivity index (χ4n) is 5.30. The second-order valence-corrected chi connectivity index (χ2v) is 8.69. The van der Waals surface area contributed by atoms with E-state index in [9.17, 15) is 4.79 Å². The zero-order valence-electron chi connectivity index (χ0n) is 17.2. The van der Waals surface area contributed by atoms with Crippen molar-refractivity contribution in [2.45, 2.75) is 63.5 Å². The van der Waals surface area contributed by atoms with Crippen LogP contribution in [0, 0.1) is 5.92 Å². The summed E-state index contributed by atoms with van der Waals surface area (Å²) in [6.45, 7) is 3.99. The molecular weight excluding hydrogens is 350 g/mol. The Hall–Kier alpha value is -1.75. The largest absolute Gasteiger partial charge is 0.495 e. The van der Waals surface area contributed by atoms with Gasteiger partial charge in [0, 0.05) is 44.2 Å². The van der Waals surface area contributed by atoms with E-state index >= 15 is 0 Å². The zero-order valence-corrected chi connectivity index (χ0v) is 17.2. The first-order valence-electron chi connectivity index (χ1n) is 11.2. The quantitative estimate of drug-likeness (QED) is 0.838. The summed E-state index contributed by atoms with van der Waals surface area (Å²) in [4.78, 5) is 17.8. The minimum absolute atomic E-state index is 0.216.